The molecule has 1 saturated carbocycles. The molecule has 4 nitrogen and oxygen atoms in total. The van der Waals surface area contributed by atoms with Crippen LogP contribution in [0.4, 0.5) is 0 Å². The van der Waals surface area contributed by atoms with Crippen molar-refractivity contribution in [2.45, 2.75) is 31.4 Å². The molecule has 0 atom stereocenters. The molecule has 0 spiro atoms. The van der Waals surface area contributed by atoms with E-state index in [0.29, 0.717) is 18.7 Å². The fourth-order valence-electron chi connectivity index (χ4n) is 2.07. The maximum atomic E-state index is 11.0. The number of benzene rings is 1. The second kappa shape index (κ2) is 4.85. The Hall–Kier alpha value is -1.39. The largest absolute Gasteiger partial charge is 0.478 e. The zero-order valence-electron chi connectivity index (χ0n) is 9.65. The summed E-state index contributed by atoms with van der Waals surface area (Å²) in [6, 6.07) is 6.92. The minimum absolute atomic E-state index is 0.320. The summed E-state index contributed by atoms with van der Waals surface area (Å²) in [5.41, 5.74) is 0.501. The maximum absolute atomic E-state index is 11.0. The van der Waals surface area contributed by atoms with Crippen molar-refractivity contribution in [3.05, 3.63) is 35.4 Å². The topological polar surface area (TPSA) is 69.6 Å². The number of nitrogens with one attached hydrogen (secondary N) is 1. The zero-order chi connectivity index (χ0) is 12.3. The lowest BCUT2D eigenvalue weighted by atomic mass is 9.80. The van der Waals surface area contributed by atoms with E-state index in [9.17, 15) is 9.90 Å². The second-order valence-corrected chi connectivity index (χ2v) is 4.64. The van der Waals surface area contributed by atoms with Crippen LogP contribution < -0.4 is 5.32 Å². The number of hydrogen-bond donors (Lipinski definition) is 3. The van der Waals surface area contributed by atoms with Crippen LogP contribution in [0, 0.1) is 0 Å². The Balaban J connectivity index is 1.92. The molecule has 1 aliphatic rings. The van der Waals surface area contributed by atoms with Crippen molar-refractivity contribution in [3.8, 4) is 0 Å². The first-order valence-corrected chi connectivity index (χ1v) is 5.85. The van der Waals surface area contributed by atoms with Crippen molar-refractivity contribution in [3.63, 3.8) is 0 Å². The monoisotopic (exact) mass is 235 g/mol. The minimum Gasteiger partial charge on any atom is -0.478 e. The highest BCUT2D eigenvalue weighted by Gasteiger charge is 2.33. The van der Waals surface area contributed by atoms with Crippen molar-refractivity contribution in [1.29, 1.82) is 0 Å². The highest BCUT2D eigenvalue weighted by molar-refractivity contribution is 5.89. The van der Waals surface area contributed by atoms with Gasteiger partial charge in [0.05, 0.1) is 11.2 Å². The molecule has 3 N–H and O–H groups in total. The Bertz CT molecular complexity index is 413. The highest BCUT2D eigenvalue weighted by Crippen LogP contribution is 2.30. The van der Waals surface area contributed by atoms with Crippen LogP contribution in [-0.4, -0.2) is 28.3 Å². The van der Waals surface area contributed by atoms with Gasteiger partial charge in [0.15, 0.2) is 0 Å². The Morgan fingerprint density at radius 3 is 2.65 bits per heavy atom. The van der Waals surface area contributed by atoms with Gasteiger partial charge in [0, 0.05) is 13.1 Å². The Labute approximate surface area is 100 Å². The van der Waals surface area contributed by atoms with Crippen LogP contribution >= 0.6 is 0 Å². The quantitative estimate of drug-likeness (QED) is 0.721. The summed E-state index contributed by atoms with van der Waals surface area (Å²) >= 11 is 0. The first kappa shape index (κ1) is 12.1. The summed E-state index contributed by atoms with van der Waals surface area (Å²) in [5.74, 6) is -0.912. The zero-order valence-corrected chi connectivity index (χ0v) is 9.65. The predicted octanol–water partition coefficient (Wildman–Crippen LogP) is 1.39. The molecule has 1 aromatic rings. The van der Waals surface area contributed by atoms with Gasteiger partial charge in [0.2, 0.25) is 0 Å². The number of aliphatic hydroxyl groups is 1. The van der Waals surface area contributed by atoms with Crippen molar-refractivity contribution >= 4 is 5.97 Å². The highest BCUT2D eigenvalue weighted by atomic mass is 16.4. The average Bonchev–Trinajstić information content (AvgIpc) is 2.27. The van der Waals surface area contributed by atoms with E-state index in [2.05, 4.69) is 5.32 Å². The predicted molar refractivity (Wildman–Crippen MR) is 63.9 cm³/mol. The molecule has 1 fully saturated rings. The molecule has 92 valence electrons. The molecule has 0 unspecified atom stereocenters. The number of aromatic carboxylic acids is 1. The lowest BCUT2D eigenvalue weighted by Crippen LogP contribution is -2.46. The SMILES string of the molecule is O=C(O)c1ccccc1CNCC1(O)CCC1. The molecule has 0 heterocycles. The van der Waals surface area contributed by atoms with E-state index in [-0.39, 0.29) is 0 Å². The maximum Gasteiger partial charge on any atom is 0.336 e. The summed E-state index contributed by atoms with van der Waals surface area (Å²) in [4.78, 5) is 11.0. The van der Waals surface area contributed by atoms with Gasteiger partial charge >= 0.3 is 5.97 Å². The van der Waals surface area contributed by atoms with Crippen molar-refractivity contribution < 1.29 is 15.0 Å². The molecule has 17 heavy (non-hydrogen) atoms. The second-order valence-electron chi connectivity index (χ2n) is 4.64. The lowest BCUT2D eigenvalue weighted by molar-refractivity contribution is -0.0314. The minimum atomic E-state index is -0.912. The number of rotatable bonds is 5. The van der Waals surface area contributed by atoms with Crippen LogP contribution in [0.1, 0.15) is 35.2 Å². The normalized spacial score (nSPS) is 17.5. The van der Waals surface area contributed by atoms with Crippen LogP contribution in [0.15, 0.2) is 24.3 Å². The van der Waals surface area contributed by atoms with Gasteiger partial charge in [-0.2, -0.15) is 0 Å². The molecule has 0 aliphatic heterocycles. The van der Waals surface area contributed by atoms with Gasteiger partial charge in [-0.3, -0.25) is 0 Å². The number of carbonyl (C=O) groups is 1. The standard InChI is InChI=1S/C13H17NO3/c15-12(16)11-5-2-1-4-10(11)8-14-9-13(17)6-3-7-13/h1-2,4-5,14,17H,3,6-9H2,(H,15,16). The van der Waals surface area contributed by atoms with Gasteiger partial charge in [0.25, 0.3) is 0 Å². The molecule has 0 saturated heterocycles. The van der Waals surface area contributed by atoms with Gasteiger partial charge in [-0.25, -0.2) is 4.79 Å². The van der Waals surface area contributed by atoms with Crippen molar-refractivity contribution in [2.24, 2.45) is 0 Å². The molecular formula is C13H17NO3. The first-order chi connectivity index (χ1) is 8.11. The Kier molecular flexibility index (Phi) is 3.45. The molecule has 0 radical (unpaired) electrons. The molecule has 2 rings (SSSR count). The molecule has 4 heteroatoms. The fourth-order valence-corrected chi connectivity index (χ4v) is 2.07. The van der Waals surface area contributed by atoms with Crippen molar-refractivity contribution in [2.75, 3.05) is 6.54 Å². The van der Waals surface area contributed by atoms with Gasteiger partial charge in [0.1, 0.15) is 0 Å². The Morgan fingerprint density at radius 2 is 2.06 bits per heavy atom. The molecule has 0 bridgehead atoms. The van der Waals surface area contributed by atoms with Crippen LogP contribution in [-0.2, 0) is 6.54 Å². The molecular weight excluding hydrogens is 218 g/mol. The number of carboxylic acids is 1. The third-order valence-corrected chi connectivity index (χ3v) is 3.30. The summed E-state index contributed by atoms with van der Waals surface area (Å²) in [6.45, 7) is 1.01. The van der Waals surface area contributed by atoms with E-state index in [4.69, 9.17) is 5.11 Å². The van der Waals surface area contributed by atoms with E-state index < -0.39 is 11.6 Å². The number of carboxylic acid groups (broad SMARTS) is 1. The summed E-state index contributed by atoms with van der Waals surface area (Å²) in [7, 11) is 0. The Morgan fingerprint density at radius 1 is 1.35 bits per heavy atom. The van der Waals surface area contributed by atoms with E-state index in [1.54, 1.807) is 18.2 Å². The van der Waals surface area contributed by atoms with Gasteiger partial charge in [-0.05, 0) is 30.9 Å². The summed E-state index contributed by atoms with van der Waals surface area (Å²) in [6.07, 6.45) is 2.74. The van der Waals surface area contributed by atoms with E-state index in [0.717, 1.165) is 24.8 Å². The molecule has 0 amide bonds. The van der Waals surface area contributed by atoms with E-state index in [1.165, 1.54) is 0 Å². The third kappa shape index (κ3) is 2.84. The van der Waals surface area contributed by atoms with Crippen molar-refractivity contribution in [1.82, 2.24) is 5.32 Å². The van der Waals surface area contributed by atoms with Crippen LogP contribution in [0.25, 0.3) is 0 Å². The molecule has 1 aliphatic carbocycles. The van der Waals surface area contributed by atoms with Gasteiger partial charge in [-0.1, -0.05) is 18.2 Å². The van der Waals surface area contributed by atoms with Crippen LogP contribution in [0.2, 0.25) is 0 Å². The van der Waals surface area contributed by atoms with E-state index in [1.807, 2.05) is 6.07 Å². The molecule has 0 aromatic heterocycles. The number of hydrogen-bond acceptors (Lipinski definition) is 3. The van der Waals surface area contributed by atoms with Crippen LogP contribution in [0.3, 0.4) is 0 Å². The molecule has 1 aromatic carbocycles. The summed E-state index contributed by atoms with van der Waals surface area (Å²) in [5, 5.41) is 22.0. The first-order valence-electron chi connectivity index (χ1n) is 5.85. The summed E-state index contributed by atoms with van der Waals surface area (Å²) < 4.78 is 0. The van der Waals surface area contributed by atoms with Crippen LogP contribution in [0.5, 0.6) is 0 Å². The smallest absolute Gasteiger partial charge is 0.336 e. The third-order valence-electron chi connectivity index (χ3n) is 3.30. The average molecular weight is 235 g/mol. The fraction of sp³-hybridized carbons (Fsp3) is 0.462. The van der Waals surface area contributed by atoms with E-state index >= 15 is 0 Å². The lowest BCUT2D eigenvalue weighted by Gasteiger charge is -2.36. The van der Waals surface area contributed by atoms with Gasteiger partial charge < -0.3 is 15.5 Å². The van der Waals surface area contributed by atoms with Gasteiger partial charge in [-0.15, -0.1) is 0 Å².